The van der Waals surface area contributed by atoms with Crippen LogP contribution in [-0.4, -0.2) is 37.5 Å². The van der Waals surface area contributed by atoms with Crippen molar-refractivity contribution in [3.05, 3.63) is 0 Å². The van der Waals surface area contributed by atoms with Crippen LogP contribution in [-0.2, 0) is 9.84 Å². The zero-order valence-corrected chi connectivity index (χ0v) is 12.2. The van der Waals surface area contributed by atoms with Crippen molar-refractivity contribution in [1.82, 2.24) is 5.32 Å². The minimum atomic E-state index is -2.82. The number of nitrogens with two attached hydrogens (primary N) is 1. The summed E-state index contributed by atoms with van der Waals surface area (Å²) in [6.07, 6.45) is 7.70. The van der Waals surface area contributed by atoms with Crippen molar-refractivity contribution in [1.29, 1.82) is 0 Å². The topological polar surface area (TPSA) is 72.2 Å². The average Bonchev–Trinajstić information content (AvgIpc) is 2.54. The van der Waals surface area contributed by atoms with Gasteiger partial charge in [-0.1, -0.05) is 19.3 Å². The molecule has 0 amide bonds. The molecular weight excluding hydrogens is 248 g/mol. The molecule has 2 rings (SSSR count). The summed E-state index contributed by atoms with van der Waals surface area (Å²) in [5, 5.41) is 3.43. The molecule has 1 saturated heterocycles. The molecule has 1 heterocycles. The number of rotatable bonds is 4. The van der Waals surface area contributed by atoms with Crippen LogP contribution in [0, 0.1) is 0 Å². The standard InChI is InChI=1S/C13H26N2O2S/c1-12(8-10-18(16,17)11-12)15-9-7-13(14)5-3-2-4-6-13/h15H,2-11,14H2,1H3. The minimum absolute atomic E-state index is 0.0148. The Labute approximate surface area is 111 Å². The fourth-order valence-corrected chi connectivity index (χ4v) is 5.39. The zero-order valence-electron chi connectivity index (χ0n) is 11.4. The van der Waals surface area contributed by atoms with Gasteiger partial charge in [-0.2, -0.15) is 0 Å². The Morgan fingerprint density at radius 1 is 1.17 bits per heavy atom. The fraction of sp³-hybridized carbons (Fsp3) is 1.00. The number of sulfone groups is 1. The number of hydrogen-bond acceptors (Lipinski definition) is 4. The van der Waals surface area contributed by atoms with Crippen LogP contribution in [0.1, 0.15) is 51.9 Å². The van der Waals surface area contributed by atoms with Gasteiger partial charge in [-0.3, -0.25) is 0 Å². The monoisotopic (exact) mass is 274 g/mol. The van der Waals surface area contributed by atoms with Gasteiger partial charge >= 0.3 is 0 Å². The summed E-state index contributed by atoms with van der Waals surface area (Å²) >= 11 is 0. The molecule has 5 heteroatoms. The molecule has 2 aliphatic rings. The normalized spacial score (nSPS) is 34.6. The van der Waals surface area contributed by atoms with Crippen LogP contribution in [0.3, 0.4) is 0 Å². The third-order valence-electron chi connectivity index (χ3n) is 4.53. The van der Waals surface area contributed by atoms with Crippen molar-refractivity contribution in [2.75, 3.05) is 18.1 Å². The van der Waals surface area contributed by atoms with Gasteiger partial charge < -0.3 is 11.1 Å². The Bertz CT molecular complexity index is 388. The Kier molecular flexibility index (Phi) is 4.04. The molecule has 0 aromatic heterocycles. The van der Waals surface area contributed by atoms with Gasteiger partial charge in [0.2, 0.25) is 0 Å². The zero-order chi connectivity index (χ0) is 13.3. The second kappa shape index (κ2) is 5.10. The molecule has 1 unspecified atom stereocenters. The summed E-state index contributed by atoms with van der Waals surface area (Å²) in [7, 11) is -2.82. The highest BCUT2D eigenvalue weighted by Crippen LogP contribution is 2.29. The van der Waals surface area contributed by atoms with Gasteiger partial charge in [-0.25, -0.2) is 8.42 Å². The van der Waals surface area contributed by atoms with Crippen molar-refractivity contribution in [2.24, 2.45) is 5.73 Å². The summed E-state index contributed by atoms with van der Waals surface area (Å²) < 4.78 is 23.0. The molecule has 1 saturated carbocycles. The van der Waals surface area contributed by atoms with Gasteiger partial charge in [0.25, 0.3) is 0 Å². The van der Waals surface area contributed by atoms with Crippen LogP contribution >= 0.6 is 0 Å². The lowest BCUT2D eigenvalue weighted by atomic mass is 9.80. The highest BCUT2D eigenvalue weighted by molar-refractivity contribution is 7.91. The first-order valence-corrected chi connectivity index (χ1v) is 8.89. The quantitative estimate of drug-likeness (QED) is 0.808. The third-order valence-corrected chi connectivity index (χ3v) is 6.43. The second-order valence-electron chi connectivity index (χ2n) is 6.50. The van der Waals surface area contributed by atoms with Gasteiger partial charge in [0.15, 0.2) is 9.84 Å². The molecule has 1 aliphatic carbocycles. The van der Waals surface area contributed by atoms with Crippen LogP contribution in [0.25, 0.3) is 0 Å². The predicted octanol–water partition coefficient (Wildman–Crippen LogP) is 1.20. The molecule has 1 aliphatic heterocycles. The summed E-state index contributed by atoms with van der Waals surface area (Å²) in [6, 6.07) is 0. The van der Waals surface area contributed by atoms with Crippen molar-refractivity contribution < 1.29 is 8.42 Å². The average molecular weight is 274 g/mol. The van der Waals surface area contributed by atoms with Crippen LogP contribution in [0.5, 0.6) is 0 Å². The lowest BCUT2D eigenvalue weighted by molar-refractivity contribution is 0.262. The van der Waals surface area contributed by atoms with E-state index < -0.39 is 9.84 Å². The van der Waals surface area contributed by atoms with Crippen molar-refractivity contribution in [3.8, 4) is 0 Å². The van der Waals surface area contributed by atoms with Gasteiger partial charge in [0.05, 0.1) is 11.5 Å². The highest BCUT2D eigenvalue weighted by Gasteiger charge is 2.38. The molecule has 0 aromatic carbocycles. The summed E-state index contributed by atoms with van der Waals surface area (Å²) in [6.45, 7) is 2.85. The third kappa shape index (κ3) is 3.68. The molecule has 0 bridgehead atoms. The first kappa shape index (κ1) is 14.3. The van der Waals surface area contributed by atoms with E-state index in [1.807, 2.05) is 6.92 Å². The first-order valence-electron chi connectivity index (χ1n) is 7.07. The van der Waals surface area contributed by atoms with Gasteiger partial charge in [0.1, 0.15) is 0 Å². The Morgan fingerprint density at radius 2 is 1.83 bits per heavy atom. The van der Waals surface area contributed by atoms with Crippen LogP contribution in [0.2, 0.25) is 0 Å². The smallest absolute Gasteiger partial charge is 0.152 e. The molecule has 1 atom stereocenters. The van der Waals surface area contributed by atoms with Crippen LogP contribution in [0.4, 0.5) is 0 Å². The van der Waals surface area contributed by atoms with E-state index in [9.17, 15) is 8.42 Å². The Morgan fingerprint density at radius 3 is 2.39 bits per heavy atom. The van der Waals surface area contributed by atoms with E-state index in [0.717, 1.165) is 32.2 Å². The molecule has 106 valence electrons. The maximum Gasteiger partial charge on any atom is 0.152 e. The number of hydrogen-bond donors (Lipinski definition) is 2. The Balaban J connectivity index is 1.78. The van der Waals surface area contributed by atoms with E-state index in [0.29, 0.717) is 5.75 Å². The number of nitrogens with one attached hydrogen (secondary N) is 1. The summed E-state index contributed by atoms with van der Waals surface area (Å²) in [5.41, 5.74) is 6.13. The lowest BCUT2D eigenvalue weighted by Crippen LogP contribution is -2.49. The van der Waals surface area contributed by atoms with Crippen molar-refractivity contribution in [3.63, 3.8) is 0 Å². The molecule has 18 heavy (non-hydrogen) atoms. The second-order valence-corrected chi connectivity index (χ2v) is 8.69. The van der Waals surface area contributed by atoms with E-state index >= 15 is 0 Å². The molecule has 2 fully saturated rings. The van der Waals surface area contributed by atoms with Gasteiger partial charge in [0, 0.05) is 11.1 Å². The summed E-state index contributed by atoms with van der Waals surface area (Å²) in [5.74, 6) is 0.599. The largest absolute Gasteiger partial charge is 0.325 e. The molecule has 3 N–H and O–H groups in total. The van der Waals surface area contributed by atoms with Crippen LogP contribution < -0.4 is 11.1 Å². The first-order chi connectivity index (χ1) is 8.33. The maximum atomic E-state index is 11.5. The minimum Gasteiger partial charge on any atom is -0.325 e. The van der Waals surface area contributed by atoms with Crippen molar-refractivity contribution >= 4 is 9.84 Å². The SMILES string of the molecule is CC1(NCCC2(N)CCCCC2)CCS(=O)(=O)C1. The maximum absolute atomic E-state index is 11.5. The van der Waals surface area contributed by atoms with E-state index in [1.54, 1.807) is 0 Å². The van der Waals surface area contributed by atoms with Crippen molar-refractivity contribution in [2.45, 2.75) is 62.9 Å². The van der Waals surface area contributed by atoms with Gasteiger partial charge in [-0.05, 0) is 39.2 Å². The van der Waals surface area contributed by atoms with E-state index in [4.69, 9.17) is 5.73 Å². The fourth-order valence-electron chi connectivity index (χ4n) is 3.27. The molecule has 0 radical (unpaired) electrons. The predicted molar refractivity (Wildman–Crippen MR) is 74.3 cm³/mol. The molecule has 0 spiro atoms. The van der Waals surface area contributed by atoms with E-state index in [2.05, 4.69) is 5.32 Å². The lowest BCUT2D eigenvalue weighted by Gasteiger charge is -2.35. The van der Waals surface area contributed by atoms with Gasteiger partial charge in [-0.15, -0.1) is 0 Å². The summed E-state index contributed by atoms with van der Waals surface area (Å²) in [4.78, 5) is 0. The van der Waals surface area contributed by atoms with E-state index in [1.165, 1.54) is 19.3 Å². The molecule has 0 aromatic rings. The molecule has 4 nitrogen and oxygen atoms in total. The molecular formula is C13H26N2O2S. The highest BCUT2D eigenvalue weighted by atomic mass is 32.2. The van der Waals surface area contributed by atoms with E-state index in [-0.39, 0.29) is 16.8 Å². The Hall–Kier alpha value is -0.130. The van der Waals surface area contributed by atoms with Crippen LogP contribution in [0.15, 0.2) is 0 Å².